The molecule has 16 heavy (non-hydrogen) atoms. The number of likely N-dealkylation sites (N-methyl/N-ethyl adjacent to an activating group) is 1. The Bertz CT molecular complexity index is 416. The molecule has 1 aliphatic rings. The van der Waals surface area contributed by atoms with Gasteiger partial charge in [-0.2, -0.15) is 0 Å². The monoisotopic (exact) mass is 221 g/mol. The summed E-state index contributed by atoms with van der Waals surface area (Å²) in [4.78, 5) is 12.7. The maximum Gasteiger partial charge on any atom is 0.412 e. The van der Waals surface area contributed by atoms with Crippen LogP contribution in [-0.2, 0) is 10.3 Å². The summed E-state index contributed by atoms with van der Waals surface area (Å²) in [6.07, 6.45) is -0.517. The van der Waals surface area contributed by atoms with Gasteiger partial charge in [0.1, 0.15) is 0 Å². The third kappa shape index (κ3) is 1.23. The molecule has 2 rings (SSSR count). The van der Waals surface area contributed by atoms with Crippen molar-refractivity contribution in [2.75, 3.05) is 7.05 Å². The van der Waals surface area contributed by atoms with Crippen molar-refractivity contribution in [3.05, 3.63) is 35.9 Å². The van der Waals surface area contributed by atoms with E-state index in [1.165, 1.54) is 11.9 Å². The molecule has 0 radical (unpaired) electrons. The number of hydrogen-bond donors (Lipinski definition) is 1. The predicted molar refractivity (Wildman–Crippen MR) is 58.7 cm³/mol. The fraction of sp³-hybridized carbons (Fsp3) is 0.417. The first-order valence-corrected chi connectivity index (χ1v) is 5.14. The van der Waals surface area contributed by atoms with Crippen LogP contribution in [0.2, 0.25) is 0 Å². The number of carbonyl (C=O) groups is 1. The minimum Gasteiger partial charge on any atom is -0.433 e. The lowest BCUT2D eigenvalue weighted by atomic mass is 9.86. The molecule has 1 aromatic rings. The zero-order valence-electron chi connectivity index (χ0n) is 9.60. The highest BCUT2D eigenvalue weighted by molar-refractivity contribution is 5.72. The average Bonchev–Trinajstić information content (AvgIpc) is 2.42. The third-order valence-electron chi connectivity index (χ3n) is 3.45. The van der Waals surface area contributed by atoms with E-state index in [4.69, 9.17) is 4.74 Å². The summed E-state index contributed by atoms with van der Waals surface area (Å²) >= 11 is 0. The molecule has 1 heterocycles. The van der Waals surface area contributed by atoms with Crippen molar-refractivity contribution < 1.29 is 14.6 Å². The molecule has 1 aromatic carbocycles. The van der Waals surface area contributed by atoms with E-state index in [1.54, 1.807) is 13.8 Å². The molecule has 0 aromatic heterocycles. The van der Waals surface area contributed by atoms with Gasteiger partial charge < -0.3 is 9.84 Å². The number of benzene rings is 1. The Morgan fingerprint density at radius 2 is 1.81 bits per heavy atom. The summed E-state index contributed by atoms with van der Waals surface area (Å²) < 4.78 is 5.30. The molecule has 0 saturated carbocycles. The van der Waals surface area contributed by atoms with Crippen LogP contribution in [0.15, 0.2) is 30.3 Å². The number of carbonyl (C=O) groups excluding carboxylic acids is 1. The van der Waals surface area contributed by atoms with Gasteiger partial charge in [-0.3, -0.25) is 4.90 Å². The summed E-state index contributed by atoms with van der Waals surface area (Å²) in [6, 6.07) is 9.25. The van der Waals surface area contributed by atoms with Gasteiger partial charge in [-0.05, 0) is 13.8 Å². The average molecular weight is 221 g/mol. The number of aliphatic hydroxyl groups is 1. The summed E-state index contributed by atoms with van der Waals surface area (Å²) in [6.45, 7) is 3.29. The second-order valence-electron chi connectivity index (χ2n) is 4.35. The number of amides is 1. The lowest BCUT2D eigenvalue weighted by molar-refractivity contribution is -0.135. The highest BCUT2D eigenvalue weighted by Crippen LogP contribution is 2.43. The molecule has 1 aliphatic heterocycles. The topological polar surface area (TPSA) is 49.8 Å². The summed E-state index contributed by atoms with van der Waals surface area (Å²) in [7, 11) is 1.52. The van der Waals surface area contributed by atoms with E-state index in [1.807, 2.05) is 30.3 Å². The van der Waals surface area contributed by atoms with Crippen molar-refractivity contribution in [3.63, 3.8) is 0 Å². The lowest BCUT2D eigenvalue weighted by Crippen LogP contribution is -2.51. The van der Waals surface area contributed by atoms with Crippen LogP contribution in [0.5, 0.6) is 0 Å². The van der Waals surface area contributed by atoms with E-state index in [0.717, 1.165) is 5.56 Å². The Morgan fingerprint density at radius 1 is 1.25 bits per heavy atom. The molecule has 0 aliphatic carbocycles. The fourth-order valence-corrected chi connectivity index (χ4v) is 1.93. The molecular weight excluding hydrogens is 206 g/mol. The van der Waals surface area contributed by atoms with Gasteiger partial charge >= 0.3 is 6.09 Å². The van der Waals surface area contributed by atoms with E-state index in [2.05, 4.69) is 0 Å². The molecule has 0 bridgehead atoms. The standard InChI is InChI=1S/C12H15NO3/c1-11(9-7-5-4-6-8-9)12(2,15)13(3)10(14)16-11/h4-8,15H,1-3H3/t11-,12+/m0/s1. The van der Waals surface area contributed by atoms with Crippen LogP contribution in [0.25, 0.3) is 0 Å². The van der Waals surface area contributed by atoms with Gasteiger partial charge in [-0.15, -0.1) is 0 Å². The highest BCUT2D eigenvalue weighted by Gasteiger charge is 2.58. The van der Waals surface area contributed by atoms with E-state index in [-0.39, 0.29) is 0 Å². The molecule has 0 spiro atoms. The summed E-state index contributed by atoms with van der Waals surface area (Å²) in [5, 5.41) is 10.4. The number of cyclic esters (lactones) is 1. The molecule has 1 saturated heterocycles. The van der Waals surface area contributed by atoms with Crippen molar-refractivity contribution in [2.45, 2.75) is 25.2 Å². The van der Waals surface area contributed by atoms with Crippen molar-refractivity contribution in [1.82, 2.24) is 4.90 Å². The van der Waals surface area contributed by atoms with E-state index in [0.29, 0.717) is 0 Å². The van der Waals surface area contributed by atoms with Crippen LogP contribution >= 0.6 is 0 Å². The van der Waals surface area contributed by atoms with Gasteiger partial charge in [0.25, 0.3) is 0 Å². The Balaban J connectivity index is 2.51. The first-order valence-electron chi connectivity index (χ1n) is 5.14. The van der Waals surface area contributed by atoms with Gasteiger partial charge in [0.15, 0.2) is 11.3 Å². The van der Waals surface area contributed by atoms with Crippen LogP contribution in [-0.4, -0.2) is 28.9 Å². The molecule has 4 nitrogen and oxygen atoms in total. The molecule has 0 unspecified atom stereocenters. The molecule has 1 amide bonds. The van der Waals surface area contributed by atoms with Crippen molar-refractivity contribution >= 4 is 6.09 Å². The molecule has 86 valence electrons. The summed E-state index contributed by atoms with van der Waals surface area (Å²) in [5.41, 5.74) is -1.62. The SMILES string of the molecule is CN1C(=O)O[C@@](C)(c2ccccc2)[C@@]1(C)O. The predicted octanol–water partition coefficient (Wildman–Crippen LogP) is 1.69. The Morgan fingerprint density at radius 3 is 2.25 bits per heavy atom. The first-order chi connectivity index (χ1) is 7.39. The van der Waals surface area contributed by atoms with E-state index < -0.39 is 17.4 Å². The van der Waals surface area contributed by atoms with Gasteiger partial charge in [0.2, 0.25) is 0 Å². The number of hydrogen-bond acceptors (Lipinski definition) is 3. The van der Waals surface area contributed by atoms with Crippen LogP contribution in [0.1, 0.15) is 19.4 Å². The Kier molecular flexibility index (Phi) is 2.20. The largest absolute Gasteiger partial charge is 0.433 e. The normalized spacial score (nSPS) is 34.0. The van der Waals surface area contributed by atoms with Crippen LogP contribution in [0.3, 0.4) is 0 Å². The second-order valence-corrected chi connectivity index (χ2v) is 4.35. The van der Waals surface area contributed by atoms with Gasteiger partial charge in [0.05, 0.1) is 0 Å². The first kappa shape index (κ1) is 11.0. The van der Waals surface area contributed by atoms with Crippen LogP contribution in [0.4, 0.5) is 4.79 Å². The molecule has 1 fully saturated rings. The van der Waals surface area contributed by atoms with Crippen molar-refractivity contribution in [1.29, 1.82) is 0 Å². The minimum absolute atomic E-state index is 0.517. The maximum atomic E-state index is 11.5. The molecular formula is C12H15NO3. The van der Waals surface area contributed by atoms with Crippen LogP contribution in [0, 0.1) is 0 Å². The zero-order chi connectivity index (χ0) is 12.0. The molecule has 2 atom stereocenters. The minimum atomic E-state index is -1.36. The summed E-state index contributed by atoms with van der Waals surface area (Å²) in [5.74, 6) is 0. The van der Waals surface area contributed by atoms with Gasteiger partial charge in [0, 0.05) is 12.6 Å². The highest BCUT2D eigenvalue weighted by atomic mass is 16.6. The fourth-order valence-electron chi connectivity index (χ4n) is 1.93. The number of rotatable bonds is 1. The maximum absolute atomic E-state index is 11.5. The smallest absolute Gasteiger partial charge is 0.412 e. The molecule has 4 heteroatoms. The van der Waals surface area contributed by atoms with E-state index in [9.17, 15) is 9.90 Å². The van der Waals surface area contributed by atoms with Crippen LogP contribution < -0.4 is 0 Å². The Hall–Kier alpha value is -1.55. The van der Waals surface area contributed by atoms with E-state index >= 15 is 0 Å². The Labute approximate surface area is 94.4 Å². The zero-order valence-corrected chi connectivity index (χ0v) is 9.60. The number of nitrogens with zero attached hydrogens (tertiary/aromatic N) is 1. The lowest BCUT2D eigenvalue weighted by Gasteiger charge is -2.36. The molecule has 1 N–H and O–H groups in total. The second kappa shape index (κ2) is 3.22. The van der Waals surface area contributed by atoms with Gasteiger partial charge in [-0.1, -0.05) is 30.3 Å². The van der Waals surface area contributed by atoms with Crippen molar-refractivity contribution in [2.24, 2.45) is 0 Å². The quantitative estimate of drug-likeness (QED) is 0.785. The van der Waals surface area contributed by atoms with Gasteiger partial charge in [-0.25, -0.2) is 4.79 Å². The third-order valence-corrected chi connectivity index (χ3v) is 3.45. The number of ether oxygens (including phenoxy) is 1. The van der Waals surface area contributed by atoms with Crippen molar-refractivity contribution in [3.8, 4) is 0 Å².